The van der Waals surface area contributed by atoms with Crippen molar-refractivity contribution in [2.24, 2.45) is 5.10 Å². The van der Waals surface area contributed by atoms with Crippen LogP contribution >= 0.6 is 15.9 Å². The second-order valence-electron chi connectivity index (χ2n) is 5.70. The molecule has 0 aliphatic carbocycles. The van der Waals surface area contributed by atoms with Crippen molar-refractivity contribution in [3.63, 3.8) is 0 Å². The molecular weight excluding hydrogens is 398 g/mol. The van der Waals surface area contributed by atoms with Gasteiger partial charge in [-0.15, -0.1) is 0 Å². The molecule has 1 atom stereocenters. The predicted octanol–water partition coefficient (Wildman–Crippen LogP) is 3.73. The number of ether oxygens (including phenoxy) is 2. The Labute approximate surface area is 161 Å². The Balaban J connectivity index is 1.99. The first-order chi connectivity index (χ1) is 12.4. The summed E-state index contributed by atoms with van der Waals surface area (Å²) in [5.41, 5.74) is 5.28. The van der Waals surface area contributed by atoms with Gasteiger partial charge in [0.05, 0.1) is 24.9 Å². The molecule has 6 nitrogen and oxygen atoms in total. The van der Waals surface area contributed by atoms with Crippen LogP contribution in [0.15, 0.2) is 46.0 Å². The number of carbonyl (C=O) groups excluding carboxylic acids is 1. The van der Waals surface area contributed by atoms with E-state index in [1.165, 1.54) is 6.21 Å². The van der Waals surface area contributed by atoms with Crippen LogP contribution in [0.2, 0.25) is 0 Å². The summed E-state index contributed by atoms with van der Waals surface area (Å²) in [6.07, 6.45) is 1.53. The average molecular weight is 420 g/mol. The van der Waals surface area contributed by atoms with Crippen LogP contribution in [0.4, 0.5) is 5.69 Å². The zero-order chi connectivity index (χ0) is 19.1. The van der Waals surface area contributed by atoms with E-state index in [2.05, 4.69) is 31.8 Å². The molecule has 0 spiro atoms. The molecule has 138 valence electrons. The van der Waals surface area contributed by atoms with Crippen molar-refractivity contribution in [2.75, 3.05) is 19.5 Å². The van der Waals surface area contributed by atoms with Crippen molar-refractivity contribution in [2.45, 2.75) is 19.9 Å². The van der Waals surface area contributed by atoms with Crippen LogP contribution in [0, 0.1) is 6.92 Å². The van der Waals surface area contributed by atoms with Gasteiger partial charge in [0.2, 0.25) is 0 Å². The van der Waals surface area contributed by atoms with Gasteiger partial charge in [0.25, 0.3) is 5.91 Å². The molecule has 0 fully saturated rings. The van der Waals surface area contributed by atoms with Gasteiger partial charge in [-0.05, 0) is 48.0 Å². The summed E-state index contributed by atoms with van der Waals surface area (Å²) >= 11 is 3.42. The third-order valence-electron chi connectivity index (χ3n) is 3.71. The molecule has 0 unspecified atom stereocenters. The van der Waals surface area contributed by atoms with Gasteiger partial charge in [-0.2, -0.15) is 5.10 Å². The molecule has 2 aromatic carbocycles. The van der Waals surface area contributed by atoms with Gasteiger partial charge in [-0.3, -0.25) is 4.79 Å². The fourth-order valence-electron chi connectivity index (χ4n) is 2.21. The summed E-state index contributed by atoms with van der Waals surface area (Å²) in [7, 11) is 3.14. The SMILES string of the molecule is COc1cc(OC)c(/C=N\NC(=O)[C@@H](C)Nc2ccc(C)cc2)cc1Br. The van der Waals surface area contributed by atoms with E-state index >= 15 is 0 Å². The largest absolute Gasteiger partial charge is 0.496 e. The number of nitrogens with zero attached hydrogens (tertiary/aromatic N) is 1. The van der Waals surface area contributed by atoms with Gasteiger partial charge < -0.3 is 14.8 Å². The number of amides is 1. The highest BCUT2D eigenvalue weighted by molar-refractivity contribution is 9.10. The highest BCUT2D eigenvalue weighted by atomic mass is 79.9. The molecule has 0 saturated carbocycles. The third-order valence-corrected chi connectivity index (χ3v) is 4.33. The molecule has 0 bridgehead atoms. The number of halogens is 1. The van der Waals surface area contributed by atoms with E-state index in [0.717, 1.165) is 15.7 Å². The number of benzene rings is 2. The summed E-state index contributed by atoms with van der Waals surface area (Å²) < 4.78 is 11.3. The highest BCUT2D eigenvalue weighted by Crippen LogP contribution is 2.31. The third kappa shape index (κ3) is 5.23. The standard InChI is InChI=1S/C19H22BrN3O3/c1-12-5-7-15(8-6-12)22-13(2)19(24)23-21-11-14-9-16(20)18(26-4)10-17(14)25-3/h5-11,13,22H,1-4H3,(H,23,24)/b21-11-/t13-/m1/s1. The molecule has 0 aliphatic rings. The maximum absolute atomic E-state index is 12.2. The minimum atomic E-state index is -0.431. The van der Waals surface area contributed by atoms with E-state index in [4.69, 9.17) is 9.47 Å². The number of carbonyl (C=O) groups is 1. The number of anilines is 1. The molecule has 2 rings (SSSR count). The van der Waals surface area contributed by atoms with E-state index in [9.17, 15) is 4.79 Å². The number of hydrogen-bond acceptors (Lipinski definition) is 5. The van der Waals surface area contributed by atoms with Crippen molar-refractivity contribution in [1.82, 2.24) is 5.43 Å². The first-order valence-electron chi connectivity index (χ1n) is 8.02. The predicted molar refractivity (Wildman–Crippen MR) is 107 cm³/mol. The fraction of sp³-hybridized carbons (Fsp3) is 0.263. The Morgan fingerprint density at radius 3 is 2.42 bits per heavy atom. The minimum absolute atomic E-state index is 0.242. The van der Waals surface area contributed by atoms with Gasteiger partial charge in [-0.25, -0.2) is 5.43 Å². The Morgan fingerprint density at radius 1 is 1.15 bits per heavy atom. The van der Waals surface area contributed by atoms with Crippen molar-refractivity contribution in [3.8, 4) is 11.5 Å². The topological polar surface area (TPSA) is 72.0 Å². The molecule has 0 aliphatic heterocycles. The maximum atomic E-state index is 12.2. The van der Waals surface area contributed by atoms with Crippen molar-refractivity contribution >= 4 is 33.7 Å². The number of aryl methyl sites for hydroxylation is 1. The van der Waals surface area contributed by atoms with Crippen LogP contribution in [0.1, 0.15) is 18.1 Å². The lowest BCUT2D eigenvalue weighted by molar-refractivity contribution is -0.121. The van der Waals surface area contributed by atoms with Gasteiger partial charge in [0, 0.05) is 17.3 Å². The molecule has 7 heteroatoms. The smallest absolute Gasteiger partial charge is 0.262 e. The van der Waals surface area contributed by atoms with Crippen molar-refractivity contribution < 1.29 is 14.3 Å². The molecule has 0 radical (unpaired) electrons. The lowest BCUT2D eigenvalue weighted by Crippen LogP contribution is -2.34. The summed E-state index contributed by atoms with van der Waals surface area (Å²) in [6, 6.07) is 11.0. The summed E-state index contributed by atoms with van der Waals surface area (Å²) in [5, 5.41) is 7.15. The van der Waals surface area contributed by atoms with Gasteiger partial charge >= 0.3 is 0 Å². The second kappa shape index (κ2) is 9.24. The number of hydrazone groups is 1. The number of hydrogen-bond donors (Lipinski definition) is 2. The second-order valence-corrected chi connectivity index (χ2v) is 6.55. The molecule has 2 aromatic rings. The Bertz CT molecular complexity index is 791. The zero-order valence-electron chi connectivity index (χ0n) is 15.2. The quantitative estimate of drug-likeness (QED) is 0.529. The summed E-state index contributed by atoms with van der Waals surface area (Å²) in [4.78, 5) is 12.2. The van der Waals surface area contributed by atoms with Crippen molar-refractivity contribution in [1.29, 1.82) is 0 Å². The van der Waals surface area contributed by atoms with Crippen LogP contribution in [0.25, 0.3) is 0 Å². The lowest BCUT2D eigenvalue weighted by Gasteiger charge is -2.13. The maximum Gasteiger partial charge on any atom is 0.262 e. The Hall–Kier alpha value is -2.54. The van der Waals surface area contributed by atoms with E-state index in [1.54, 1.807) is 33.3 Å². The van der Waals surface area contributed by atoms with Gasteiger partial charge in [0.15, 0.2) is 0 Å². The lowest BCUT2D eigenvalue weighted by atomic mass is 10.2. The molecule has 0 aromatic heterocycles. The van der Waals surface area contributed by atoms with E-state index < -0.39 is 6.04 Å². The summed E-state index contributed by atoms with van der Waals surface area (Å²) in [6.45, 7) is 3.79. The molecular formula is C19H22BrN3O3. The van der Waals surface area contributed by atoms with Crippen LogP contribution < -0.4 is 20.2 Å². The number of rotatable bonds is 7. The van der Waals surface area contributed by atoms with Crippen molar-refractivity contribution in [3.05, 3.63) is 52.0 Å². The van der Waals surface area contributed by atoms with E-state index in [0.29, 0.717) is 17.1 Å². The normalized spacial score (nSPS) is 11.9. The minimum Gasteiger partial charge on any atom is -0.496 e. The molecule has 1 amide bonds. The molecule has 0 saturated heterocycles. The molecule has 2 N–H and O–H groups in total. The van der Waals surface area contributed by atoms with Gasteiger partial charge in [-0.1, -0.05) is 17.7 Å². The van der Waals surface area contributed by atoms with Gasteiger partial charge in [0.1, 0.15) is 17.5 Å². The zero-order valence-corrected chi connectivity index (χ0v) is 16.8. The van der Waals surface area contributed by atoms with Crippen LogP contribution in [0.5, 0.6) is 11.5 Å². The van der Waals surface area contributed by atoms with Crippen LogP contribution in [-0.4, -0.2) is 32.4 Å². The first-order valence-corrected chi connectivity index (χ1v) is 8.81. The monoisotopic (exact) mass is 419 g/mol. The molecule has 26 heavy (non-hydrogen) atoms. The summed E-state index contributed by atoms with van der Waals surface area (Å²) in [5.74, 6) is 1.00. The van der Waals surface area contributed by atoms with E-state index in [-0.39, 0.29) is 5.91 Å². The Morgan fingerprint density at radius 2 is 1.81 bits per heavy atom. The fourth-order valence-corrected chi connectivity index (χ4v) is 2.73. The molecule has 0 heterocycles. The average Bonchev–Trinajstić information content (AvgIpc) is 2.63. The first kappa shape index (κ1) is 19.8. The van der Waals surface area contributed by atoms with Crippen LogP contribution in [-0.2, 0) is 4.79 Å². The number of nitrogens with one attached hydrogen (secondary N) is 2. The van der Waals surface area contributed by atoms with Crippen LogP contribution in [0.3, 0.4) is 0 Å². The number of methoxy groups -OCH3 is 2. The Kier molecular flexibility index (Phi) is 7.03. The van der Waals surface area contributed by atoms with E-state index in [1.807, 2.05) is 31.2 Å². The highest BCUT2D eigenvalue weighted by Gasteiger charge is 2.12.